The summed E-state index contributed by atoms with van der Waals surface area (Å²) in [5.74, 6) is 0.646. The summed E-state index contributed by atoms with van der Waals surface area (Å²) in [4.78, 5) is 10.7. The molecule has 0 saturated carbocycles. The number of aryl methyl sites for hydroxylation is 1. The monoisotopic (exact) mass is 276 g/mol. The Morgan fingerprint density at radius 1 is 1.21 bits per heavy atom. The maximum Gasteiger partial charge on any atom is 0.229 e. The Kier molecular flexibility index (Phi) is 4.71. The number of nitrogens with zero attached hydrogens (tertiary/aromatic N) is 3. The van der Waals surface area contributed by atoms with Gasteiger partial charge in [-0.25, -0.2) is 9.97 Å². The zero-order valence-corrected chi connectivity index (χ0v) is 11.6. The van der Waals surface area contributed by atoms with Crippen LogP contribution in [0.4, 0.5) is 11.6 Å². The Morgan fingerprint density at radius 3 is 2.53 bits per heavy atom. The predicted octanol–water partition coefficient (Wildman–Crippen LogP) is 2.93. The van der Waals surface area contributed by atoms with Crippen LogP contribution in [-0.4, -0.2) is 23.1 Å². The molecule has 19 heavy (non-hydrogen) atoms. The molecule has 0 aliphatic rings. The van der Waals surface area contributed by atoms with Gasteiger partial charge in [0, 0.05) is 12.2 Å². The molecule has 4 nitrogen and oxygen atoms in total. The molecule has 1 aromatic carbocycles. The maximum absolute atomic E-state index is 5.83. The third-order valence-electron chi connectivity index (χ3n) is 2.84. The highest BCUT2D eigenvalue weighted by Crippen LogP contribution is 2.25. The van der Waals surface area contributed by atoms with Crippen molar-refractivity contribution in [3.8, 4) is 0 Å². The molecule has 0 aliphatic carbocycles. The van der Waals surface area contributed by atoms with Gasteiger partial charge in [0.2, 0.25) is 5.95 Å². The Morgan fingerprint density at radius 2 is 1.89 bits per heavy atom. The van der Waals surface area contributed by atoms with E-state index in [4.69, 9.17) is 17.3 Å². The van der Waals surface area contributed by atoms with Crippen molar-refractivity contribution in [2.45, 2.75) is 13.3 Å². The summed E-state index contributed by atoms with van der Waals surface area (Å²) in [6.07, 6.45) is 4.09. The lowest BCUT2D eigenvalue weighted by Crippen LogP contribution is -2.23. The molecular weight excluding hydrogens is 260 g/mol. The van der Waals surface area contributed by atoms with Gasteiger partial charge in [-0.05, 0) is 31.5 Å². The molecule has 100 valence electrons. The molecule has 1 heterocycles. The Balaban J connectivity index is 2.35. The average molecular weight is 277 g/mol. The Labute approximate surface area is 118 Å². The minimum Gasteiger partial charge on any atom is -0.330 e. The van der Waals surface area contributed by atoms with E-state index in [1.54, 1.807) is 12.4 Å². The van der Waals surface area contributed by atoms with Gasteiger partial charge in [-0.15, -0.1) is 0 Å². The fourth-order valence-electron chi connectivity index (χ4n) is 1.89. The first-order valence-electron chi connectivity index (χ1n) is 6.23. The van der Waals surface area contributed by atoms with E-state index in [2.05, 4.69) is 33.9 Å². The van der Waals surface area contributed by atoms with Crippen LogP contribution in [-0.2, 0) is 0 Å². The molecule has 2 rings (SSSR count). The molecule has 5 heteroatoms. The SMILES string of the molecule is Cc1ccccc1N(CCCN)c1ncc(Cl)cn1. The standard InChI is InChI=1S/C14H17ClN4/c1-11-5-2-3-6-13(11)19(8-4-7-16)14-17-9-12(15)10-18-14/h2-3,5-6,9-10H,4,7-8,16H2,1H3. The third-order valence-corrected chi connectivity index (χ3v) is 3.04. The van der Waals surface area contributed by atoms with Crippen molar-refractivity contribution in [1.29, 1.82) is 0 Å². The van der Waals surface area contributed by atoms with Crippen molar-refractivity contribution >= 4 is 23.2 Å². The smallest absolute Gasteiger partial charge is 0.229 e. The van der Waals surface area contributed by atoms with Gasteiger partial charge in [0.05, 0.1) is 17.4 Å². The van der Waals surface area contributed by atoms with Crippen LogP contribution in [0.1, 0.15) is 12.0 Å². The molecule has 0 radical (unpaired) electrons. The molecule has 0 unspecified atom stereocenters. The lowest BCUT2D eigenvalue weighted by Gasteiger charge is -2.24. The number of halogens is 1. The molecule has 1 aromatic heterocycles. The van der Waals surface area contributed by atoms with E-state index in [9.17, 15) is 0 Å². The van der Waals surface area contributed by atoms with Crippen molar-refractivity contribution in [1.82, 2.24) is 9.97 Å². The minimum atomic E-state index is 0.535. The van der Waals surface area contributed by atoms with E-state index in [0.29, 0.717) is 17.5 Å². The van der Waals surface area contributed by atoms with Gasteiger partial charge in [0.25, 0.3) is 0 Å². The fraction of sp³-hybridized carbons (Fsp3) is 0.286. The summed E-state index contributed by atoms with van der Waals surface area (Å²) in [6, 6.07) is 8.15. The molecule has 2 aromatic rings. The lowest BCUT2D eigenvalue weighted by atomic mass is 10.2. The van der Waals surface area contributed by atoms with E-state index < -0.39 is 0 Å². The first-order valence-corrected chi connectivity index (χ1v) is 6.61. The summed E-state index contributed by atoms with van der Waals surface area (Å²) in [5, 5.41) is 0.535. The molecule has 0 fully saturated rings. The van der Waals surface area contributed by atoms with E-state index in [1.165, 1.54) is 5.56 Å². The molecule has 0 atom stereocenters. The summed E-state index contributed by atoms with van der Waals surface area (Å²) in [7, 11) is 0. The first kappa shape index (κ1) is 13.8. The highest BCUT2D eigenvalue weighted by molar-refractivity contribution is 6.30. The van der Waals surface area contributed by atoms with Crippen molar-refractivity contribution in [2.75, 3.05) is 18.0 Å². The molecule has 0 amide bonds. The normalized spacial score (nSPS) is 10.5. The van der Waals surface area contributed by atoms with E-state index in [1.807, 2.05) is 12.1 Å². The highest BCUT2D eigenvalue weighted by Gasteiger charge is 2.13. The zero-order chi connectivity index (χ0) is 13.7. The van der Waals surface area contributed by atoms with Crippen LogP contribution in [0.15, 0.2) is 36.7 Å². The highest BCUT2D eigenvalue weighted by atomic mass is 35.5. The van der Waals surface area contributed by atoms with Crippen LogP contribution in [0.3, 0.4) is 0 Å². The Bertz CT molecular complexity index is 527. The van der Waals surface area contributed by atoms with E-state index in [-0.39, 0.29) is 0 Å². The van der Waals surface area contributed by atoms with Crippen LogP contribution in [0.25, 0.3) is 0 Å². The lowest BCUT2D eigenvalue weighted by molar-refractivity contribution is 0.797. The largest absolute Gasteiger partial charge is 0.330 e. The molecule has 0 saturated heterocycles. The first-order chi connectivity index (χ1) is 9.22. The number of hydrogen-bond acceptors (Lipinski definition) is 4. The van der Waals surface area contributed by atoms with Crippen LogP contribution in [0, 0.1) is 6.92 Å². The second kappa shape index (κ2) is 6.50. The van der Waals surface area contributed by atoms with Gasteiger partial charge in [-0.3, -0.25) is 0 Å². The number of benzene rings is 1. The number of para-hydroxylation sites is 1. The summed E-state index contributed by atoms with van der Waals surface area (Å²) in [5.41, 5.74) is 7.88. The van der Waals surface area contributed by atoms with Crippen molar-refractivity contribution in [3.63, 3.8) is 0 Å². The van der Waals surface area contributed by atoms with Crippen LogP contribution in [0.5, 0.6) is 0 Å². The topological polar surface area (TPSA) is 55.0 Å². The van der Waals surface area contributed by atoms with Gasteiger partial charge >= 0.3 is 0 Å². The van der Waals surface area contributed by atoms with Crippen LogP contribution < -0.4 is 10.6 Å². The predicted molar refractivity (Wildman–Crippen MR) is 78.9 cm³/mol. The van der Waals surface area contributed by atoms with Crippen molar-refractivity contribution in [2.24, 2.45) is 5.73 Å². The van der Waals surface area contributed by atoms with Crippen LogP contribution >= 0.6 is 11.6 Å². The molecule has 2 N–H and O–H groups in total. The van der Waals surface area contributed by atoms with E-state index >= 15 is 0 Å². The third kappa shape index (κ3) is 3.43. The second-order valence-corrected chi connectivity index (χ2v) is 4.72. The molecule has 0 bridgehead atoms. The van der Waals surface area contributed by atoms with Gasteiger partial charge in [-0.2, -0.15) is 0 Å². The minimum absolute atomic E-state index is 0.535. The number of hydrogen-bond donors (Lipinski definition) is 1. The van der Waals surface area contributed by atoms with E-state index in [0.717, 1.165) is 18.7 Å². The van der Waals surface area contributed by atoms with Gasteiger partial charge in [0.15, 0.2) is 0 Å². The fourth-order valence-corrected chi connectivity index (χ4v) is 1.99. The molecule has 0 spiro atoms. The number of aromatic nitrogens is 2. The number of rotatable bonds is 5. The van der Waals surface area contributed by atoms with Gasteiger partial charge < -0.3 is 10.6 Å². The number of nitrogens with two attached hydrogens (primary N) is 1. The molecule has 0 aliphatic heterocycles. The van der Waals surface area contributed by atoms with Crippen molar-refractivity contribution < 1.29 is 0 Å². The molecular formula is C14H17ClN4. The Hall–Kier alpha value is -1.65. The van der Waals surface area contributed by atoms with Gasteiger partial charge in [-0.1, -0.05) is 29.8 Å². The quantitative estimate of drug-likeness (QED) is 0.912. The second-order valence-electron chi connectivity index (χ2n) is 4.28. The van der Waals surface area contributed by atoms with Crippen molar-refractivity contribution in [3.05, 3.63) is 47.2 Å². The average Bonchev–Trinajstić information content (AvgIpc) is 2.43. The summed E-state index contributed by atoms with van der Waals surface area (Å²) in [6.45, 7) is 3.49. The summed E-state index contributed by atoms with van der Waals surface area (Å²) < 4.78 is 0. The maximum atomic E-state index is 5.83. The summed E-state index contributed by atoms with van der Waals surface area (Å²) >= 11 is 5.83. The van der Waals surface area contributed by atoms with Crippen LogP contribution in [0.2, 0.25) is 5.02 Å². The zero-order valence-electron chi connectivity index (χ0n) is 10.9. The number of anilines is 2. The van der Waals surface area contributed by atoms with Gasteiger partial charge in [0.1, 0.15) is 0 Å².